The fourth-order valence-corrected chi connectivity index (χ4v) is 1.23. The highest BCUT2D eigenvalue weighted by molar-refractivity contribution is 5.73. The molecule has 0 fully saturated rings. The van der Waals surface area contributed by atoms with Crippen LogP contribution in [-0.2, 0) is 9.53 Å². The van der Waals surface area contributed by atoms with Crippen molar-refractivity contribution in [1.82, 2.24) is 4.90 Å². The smallest absolute Gasteiger partial charge is 0.321 e. The van der Waals surface area contributed by atoms with E-state index in [-0.39, 0.29) is 5.92 Å². The van der Waals surface area contributed by atoms with Crippen LogP contribution in [0.25, 0.3) is 0 Å². The number of carboxylic acid groups (broad SMARTS) is 1. The molecule has 0 amide bonds. The van der Waals surface area contributed by atoms with E-state index in [1.807, 2.05) is 0 Å². The van der Waals surface area contributed by atoms with Crippen LogP contribution in [0.4, 0.5) is 0 Å². The van der Waals surface area contributed by atoms with Crippen LogP contribution in [-0.4, -0.2) is 47.7 Å². The second-order valence-corrected chi connectivity index (χ2v) is 3.25. The van der Waals surface area contributed by atoms with Gasteiger partial charge in [0.1, 0.15) is 6.04 Å². The molecule has 2 atom stereocenters. The second kappa shape index (κ2) is 5.16. The van der Waals surface area contributed by atoms with Crippen LogP contribution < -0.4 is 0 Å². The van der Waals surface area contributed by atoms with E-state index < -0.39 is 18.4 Å². The van der Waals surface area contributed by atoms with E-state index in [1.54, 1.807) is 13.8 Å². The summed E-state index contributed by atoms with van der Waals surface area (Å²) in [6.07, 6.45) is -1.18. The number of carbonyl (C=O) groups is 1. The van der Waals surface area contributed by atoms with Gasteiger partial charge in [0, 0.05) is 7.11 Å². The average Bonchev–Trinajstić information content (AvgIpc) is 2.01. The Labute approximate surface area is 77.9 Å². The first kappa shape index (κ1) is 12.3. The van der Waals surface area contributed by atoms with Crippen LogP contribution in [0.1, 0.15) is 13.8 Å². The minimum absolute atomic E-state index is 0.0905. The molecular weight excluding hydrogens is 174 g/mol. The first-order valence-corrected chi connectivity index (χ1v) is 4.07. The molecule has 0 radical (unpaired) electrons. The van der Waals surface area contributed by atoms with Crippen molar-refractivity contribution in [3.63, 3.8) is 0 Å². The molecule has 0 aromatic heterocycles. The average molecular weight is 191 g/mol. The zero-order valence-corrected chi connectivity index (χ0v) is 8.39. The van der Waals surface area contributed by atoms with Gasteiger partial charge in [0.05, 0.1) is 0 Å². The summed E-state index contributed by atoms with van der Waals surface area (Å²) >= 11 is 0. The lowest BCUT2D eigenvalue weighted by Gasteiger charge is -2.30. The lowest BCUT2D eigenvalue weighted by molar-refractivity contribution is -0.194. The van der Waals surface area contributed by atoms with Crippen LogP contribution in [0.15, 0.2) is 0 Å². The van der Waals surface area contributed by atoms with Gasteiger partial charge >= 0.3 is 5.97 Å². The molecule has 13 heavy (non-hydrogen) atoms. The normalized spacial score (nSPS) is 16.2. The number of hydrogen-bond donors (Lipinski definition) is 2. The number of likely N-dealkylation sites (N-methyl/N-ethyl adjacent to an activating group) is 1. The number of nitrogens with zero attached hydrogens (tertiary/aromatic N) is 1. The molecule has 0 spiro atoms. The Hall–Kier alpha value is -0.650. The lowest BCUT2D eigenvalue weighted by atomic mass is 10.0. The summed E-state index contributed by atoms with van der Waals surface area (Å²) in [4.78, 5) is 12.1. The summed E-state index contributed by atoms with van der Waals surface area (Å²) in [6, 6.07) is -0.741. The van der Waals surface area contributed by atoms with E-state index in [0.29, 0.717) is 0 Å². The Balaban J connectivity index is 4.45. The first-order chi connectivity index (χ1) is 5.91. The van der Waals surface area contributed by atoms with E-state index in [2.05, 4.69) is 4.74 Å². The van der Waals surface area contributed by atoms with Crippen molar-refractivity contribution >= 4 is 5.97 Å². The SMILES string of the molecule is COC(O)N(C)[C@H](C(=O)O)C(C)C. The number of hydrogen-bond acceptors (Lipinski definition) is 4. The minimum Gasteiger partial charge on any atom is -0.480 e. The van der Waals surface area contributed by atoms with Crippen LogP contribution in [0, 0.1) is 5.92 Å². The predicted molar refractivity (Wildman–Crippen MR) is 47.0 cm³/mol. The molecule has 0 aliphatic carbocycles. The molecular formula is C8H17NO4. The van der Waals surface area contributed by atoms with E-state index in [9.17, 15) is 9.90 Å². The topological polar surface area (TPSA) is 70.0 Å². The third-order valence-electron chi connectivity index (χ3n) is 1.88. The van der Waals surface area contributed by atoms with Gasteiger partial charge in [-0.15, -0.1) is 0 Å². The minimum atomic E-state index is -1.18. The number of ether oxygens (including phenoxy) is 1. The maximum Gasteiger partial charge on any atom is 0.321 e. The molecule has 0 saturated carbocycles. The molecule has 2 N–H and O–H groups in total. The van der Waals surface area contributed by atoms with Crippen molar-refractivity contribution in [1.29, 1.82) is 0 Å². The highest BCUT2D eigenvalue weighted by atomic mass is 16.6. The summed E-state index contributed by atoms with van der Waals surface area (Å²) in [5.74, 6) is -1.05. The molecule has 5 nitrogen and oxygen atoms in total. The molecule has 0 saturated heterocycles. The van der Waals surface area contributed by atoms with Crippen molar-refractivity contribution in [2.75, 3.05) is 14.2 Å². The zero-order valence-electron chi connectivity index (χ0n) is 8.39. The second-order valence-electron chi connectivity index (χ2n) is 3.25. The van der Waals surface area contributed by atoms with Gasteiger partial charge in [0.15, 0.2) is 0 Å². The Morgan fingerprint density at radius 3 is 2.15 bits per heavy atom. The zero-order chi connectivity index (χ0) is 10.6. The number of aliphatic carboxylic acids is 1. The number of rotatable bonds is 5. The van der Waals surface area contributed by atoms with Crippen molar-refractivity contribution in [3.05, 3.63) is 0 Å². The number of carboxylic acids is 1. The molecule has 0 aliphatic heterocycles. The molecule has 5 heteroatoms. The van der Waals surface area contributed by atoms with Gasteiger partial charge in [0.2, 0.25) is 6.41 Å². The summed E-state index contributed by atoms with van der Waals surface area (Å²) in [5, 5.41) is 18.1. The molecule has 0 aliphatic rings. The van der Waals surface area contributed by atoms with Gasteiger partial charge in [-0.2, -0.15) is 0 Å². The summed E-state index contributed by atoms with van der Waals surface area (Å²) in [5.41, 5.74) is 0. The fraction of sp³-hybridized carbons (Fsp3) is 0.875. The fourth-order valence-electron chi connectivity index (χ4n) is 1.23. The van der Waals surface area contributed by atoms with Crippen LogP contribution >= 0.6 is 0 Å². The van der Waals surface area contributed by atoms with Crippen molar-refractivity contribution in [2.24, 2.45) is 5.92 Å². The van der Waals surface area contributed by atoms with Crippen LogP contribution in [0.3, 0.4) is 0 Å². The molecule has 0 rings (SSSR count). The van der Waals surface area contributed by atoms with Gasteiger partial charge in [0.25, 0.3) is 0 Å². The third-order valence-corrected chi connectivity index (χ3v) is 1.88. The van der Waals surface area contributed by atoms with Crippen LogP contribution in [0.2, 0.25) is 0 Å². The number of aliphatic hydroxyl groups is 1. The van der Waals surface area contributed by atoms with Crippen molar-refractivity contribution < 1.29 is 19.7 Å². The first-order valence-electron chi connectivity index (χ1n) is 4.07. The lowest BCUT2D eigenvalue weighted by Crippen LogP contribution is -2.48. The number of methoxy groups -OCH3 is 1. The summed E-state index contributed by atoms with van der Waals surface area (Å²) < 4.78 is 4.61. The quantitative estimate of drug-likeness (QED) is 0.596. The van der Waals surface area contributed by atoms with Crippen molar-refractivity contribution in [3.8, 4) is 0 Å². The van der Waals surface area contributed by atoms with Gasteiger partial charge in [-0.25, -0.2) is 4.90 Å². The monoisotopic (exact) mass is 191 g/mol. The van der Waals surface area contributed by atoms with Gasteiger partial charge in [-0.1, -0.05) is 13.8 Å². The van der Waals surface area contributed by atoms with Crippen molar-refractivity contribution in [2.45, 2.75) is 26.3 Å². The molecule has 78 valence electrons. The van der Waals surface area contributed by atoms with Gasteiger partial charge < -0.3 is 14.9 Å². The molecule has 0 bridgehead atoms. The molecule has 0 heterocycles. The summed E-state index contributed by atoms with van der Waals surface area (Å²) in [7, 11) is 2.83. The molecule has 0 aromatic carbocycles. The van der Waals surface area contributed by atoms with E-state index in [0.717, 1.165) is 0 Å². The van der Waals surface area contributed by atoms with E-state index in [1.165, 1.54) is 19.1 Å². The highest BCUT2D eigenvalue weighted by Crippen LogP contribution is 2.11. The maximum absolute atomic E-state index is 10.8. The third kappa shape index (κ3) is 3.30. The van der Waals surface area contributed by atoms with Gasteiger partial charge in [-0.3, -0.25) is 4.79 Å². The largest absolute Gasteiger partial charge is 0.480 e. The Kier molecular flexibility index (Phi) is 4.90. The standard InChI is InChI=1S/C8H17NO4/c1-5(2)6(7(10)11)9(3)8(12)13-4/h5-6,8,12H,1-4H3,(H,10,11)/t6-,8?/m0/s1. The Morgan fingerprint density at radius 2 is 1.92 bits per heavy atom. The Morgan fingerprint density at radius 1 is 1.46 bits per heavy atom. The van der Waals surface area contributed by atoms with Gasteiger partial charge in [-0.05, 0) is 13.0 Å². The summed E-state index contributed by atoms with van der Waals surface area (Å²) in [6.45, 7) is 3.55. The van der Waals surface area contributed by atoms with Crippen LogP contribution in [0.5, 0.6) is 0 Å². The predicted octanol–water partition coefficient (Wildman–Crippen LogP) is -0.0503. The number of aliphatic hydroxyl groups excluding tert-OH is 1. The Bertz CT molecular complexity index is 172. The van der Waals surface area contributed by atoms with E-state index >= 15 is 0 Å². The molecule has 0 aromatic rings. The maximum atomic E-state index is 10.8. The highest BCUT2D eigenvalue weighted by Gasteiger charge is 2.29. The van der Waals surface area contributed by atoms with E-state index in [4.69, 9.17) is 5.11 Å². The molecule has 1 unspecified atom stereocenters.